The molecule has 3 rings (SSSR count). The van der Waals surface area contributed by atoms with Gasteiger partial charge in [-0.3, -0.25) is 14.9 Å². The van der Waals surface area contributed by atoms with E-state index in [9.17, 15) is 9.59 Å². The van der Waals surface area contributed by atoms with Crippen LogP contribution in [0.15, 0.2) is 59.7 Å². The number of benzene rings is 2. The van der Waals surface area contributed by atoms with E-state index in [4.69, 9.17) is 11.6 Å². The molecule has 0 saturated carbocycles. The van der Waals surface area contributed by atoms with Crippen LogP contribution < -0.4 is 10.7 Å². The van der Waals surface area contributed by atoms with E-state index >= 15 is 0 Å². The fourth-order valence-corrected chi connectivity index (χ4v) is 2.98. The van der Waals surface area contributed by atoms with Crippen LogP contribution in [0.5, 0.6) is 0 Å². The zero-order valence-electron chi connectivity index (χ0n) is 13.9. The average molecular weight is 400 g/mol. The van der Waals surface area contributed by atoms with Gasteiger partial charge in [0.2, 0.25) is 11.0 Å². The van der Waals surface area contributed by atoms with Gasteiger partial charge in [0.05, 0.1) is 12.6 Å². The van der Waals surface area contributed by atoms with Crippen LogP contribution in [0.4, 0.5) is 5.13 Å². The summed E-state index contributed by atoms with van der Waals surface area (Å²) < 4.78 is 0. The minimum Gasteiger partial charge on any atom is -0.296 e. The SMILES string of the molecule is O=C(Cc1nnc(NC(=O)c2ccccc2)s1)NN=Cc1ccccc1Cl. The van der Waals surface area contributed by atoms with Crippen LogP contribution in [-0.2, 0) is 11.2 Å². The first kappa shape index (κ1) is 18.7. The maximum Gasteiger partial charge on any atom is 0.257 e. The van der Waals surface area contributed by atoms with E-state index in [0.29, 0.717) is 26.3 Å². The van der Waals surface area contributed by atoms with Gasteiger partial charge in [0, 0.05) is 16.1 Å². The second-order valence-electron chi connectivity index (χ2n) is 5.31. The Morgan fingerprint density at radius 2 is 1.81 bits per heavy atom. The quantitative estimate of drug-likeness (QED) is 0.491. The Balaban J connectivity index is 1.52. The molecule has 7 nitrogen and oxygen atoms in total. The van der Waals surface area contributed by atoms with Gasteiger partial charge in [0.25, 0.3) is 5.91 Å². The van der Waals surface area contributed by atoms with Crippen LogP contribution in [0.25, 0.3) is 0 Å². The average Bonchev–Trinajstić information content (AvgIpc) is 3.10. The molecule has 0 bridgehead atoms. The number of hydrogen-bond acceptors (Lipinski definition) is 6. The number of hydrogen-bond donors (Lipinski definition) is 2. The van der Waals surface area contributed by atoms with Crippen molar-refractivity contribution in [2.24, 2.45) is 5.10 Å². The van der Waals surface area contributed by atoms with Crippen molar-refractivity contribution in [2.45, 2.75) is 6.42 Å². The number of amides is 2. The Morgan fingerprint density at radius 1 is 1.07 bits per heavy atom. The highest BCUT2D eigenvalue weighted by Crippen LogP contribution is 2.17. The third-order valence-electron chi connectivity index (χ3n) is 3.33. The van der Waals surface area contributed by atoms with E-state index in [1.54, 1.807) is 36.4 Å². The molecule has 136 valence electrons. The zero-order chi connectivity index (χ0) is 19.1. The predicted molar refractivity (Wildman–Crippen MR) is 105 cm³/mol. The Morgan fingerprint density at radius 3 is 2.59 bits per heavy atom. The van der Waals surface area contributed by atoms with Crippen LogP contribution >= 0.6 is 22.9 Å². The lowest BCUT2D eigenvalue weighted by atomic mass is 10.2. The highest BCUT2D eigenvalue weighted by Gasteiger charge is 2.12. The van der Waals surface area contributed by atoms with Crippen LogP contribution in [0, 0.1) is 0 Å². The third kappa shape index (κ3) is 5.44. The molecule has 0 aliphatic heterocycles. The summed E-state index contributed by atoms with van der Waals surface area (Å²) in [7, 11) is 0. The molecule has 0 radical (unpaired) electrons. The number of carbonyl (C=O) groups is 2. The number of halogens is 1. The van der Waals surface area contributed by atoms with Gasteiger partial charge in [0.15, 0.2) is 0 Å². The van der Waals surface area contributed by atoms with Crippen molar-refractivity contribution in [1.29, 1.82) is 0 Å². The summed E-state index contributed by atoms with van der Waals surface area (Å²) in [6.07, 6.45) is 1.46. The van der Waals surface area contributed by atoms with Gasteiger partial charge in [-0.1, -0.05) is 59.3 Å². The van der Waals surface area contributed by atoms with E-state index in [1.807, 2.05) is 18.2 Å². The fourth-order valence-electron chi connectivity index (χ4n) is 2.06. The van der Waals surface area contributed by atoms with Crippen molar-refractivity contribution in [1.82, 2.24) is 15.6 Å². The Bertz CT molecular complexity index is 975. The molecule has 0 spiro atoms. The molecule has 2 N–H and O–H groups in total. The second kappa shape index (κ2) is 9.02. The molecule has 9 heteroatoms. The second-order valence-corrected chi connectivity index (χ2v) is 6.78. The maximum absolute atomic E-state index is 12.1. The first-order chi connectivity index (χ1) is 13.1. The predicted octanol–water partition coefficient (Wildman–Crippen LogP) is 3.14. The molecule has 2 aromatic carbocycles. The highest BCUT2D eigenvalue weighted by molar-refractivity contribution is 7.15. The van der Waals surface area contributed by atoms with E-state index in [2.05, 4.69) is 26.0 Å². The number of carbonyl (C=O) groups excluding carboxylic acids is 2. The molecule has 0 saturated heterocycles. The van der Waals surface area contributed by atoms with Gasteiger partial charge in [0.1, 0.15) is 5.01 Å². The molecule has 0 aliphatic rings. The molecule has 1 aromatic heterocycles. The van der Waals surface area contributed by atoms with E-state index in [1.165, 1.54) is 6.21 Å². The Kier molecular flexibility index (Phi) is 6.24. The zero-order valence-corrected chi connectivity index (χ0v) is 15.5. The molecule has 0 aliphatic carbocycles. The van der Waals surface area contributed by atoms with Crippen LogP contribution in [0.2, 0.25) is 5.02 Å². The minimum absolute atomic E-state index is 0.00125. The van der Waals surface area contributed by atoms with Gasteiger partial charge < -0.3 is 0 Å². The molecule has 27 heavy (non-hydrogen) atoms. The van der Waals surface area contributed by atoms with Crippen molar-refractivity contribution < 1.29 is 9.59 Å². The van der Waals surface area contributed by atoms with Crippen molar-refractivity contribution in [3.05, 3.63) is 75.8 Å². The van der Waals surface area contributed by atoms with Crippen molar-refractivity contribution in [3.63, 3.8) is 0 Å². The number of hydrazone groups is 1. The topological polar surface area (TPSA) is 96.3 Å². The lowest BCUT2D eigenvalue weighted by molar-refractivity contribution is -0.120. The first-order valence-electron chi connectivity index (χ1n) is 7.87. The lowest BCUT2D eigenvalue weighted by Gasteiger charge is -1.99. The van der Waals surface area contributed by atoms with Crippen molar-refractivity contribution in [2.75, 3.05) is 5.32 Å². The van der Waals surface area contributed by atoms with Crippen LogP contribution in [0.1, 0.15) is 20.9 Å². The molecule has 0 unspecified atom stereocenters. The molecular formula is C18H14ClN5O2S. The largest absolute Gasteiger partial charge is 0.296 e. The number of nitrogens with zero attached hydrogens (tertiary/aromatic N) is 3. The number of anilines is 1. The number of aromatic nitrogens is 2. The smallest absolute Gasteiger partial charge is 0.257 e. The summed E-state index contributed by atoms with van der Waals surface area (Å²) in [6.45, 7) is 0. The monoisotopic (exact) mass is 399 g/mol. The van der Waals surface area contributed by atoms with Crippen molar-refractivity contribution >= 4 is 46.1 Å². The summed E-state index contributed by atoms with van der Waals surface area (Å²) in [5, 5.41) is 15.6. The summed E-state index contributed by atoms with van der Waals surface area (Å²) >= 11 is 7.13. The van der Waals surface area contributed by atoms with Gasteiger partial charge in [-0.05, 0) is 18.2 Å². The molecule has 3 aromatic rings. The Hall–Kier alpha value is -3.10. The van der Waals surface area contributed by atoms with Gasteiger partial charge >= 0.3 is 0 Å². The number of rotatable bonds is 6. The fraction of sp³-hybridized carbons (Fsp3) is 0.0556. The van der Waals surface area contributed by atoms with Crippen LogP contribution in [0.3, 0.4) is 0 Å². The van der Waals surface area contributed by atoms with Crippen molar-refractivity contribution in [3.8, 4) is 0 Å². The molecule has 0 fully saturated rings. The highest BCUT2D eigenvalue weighted by atomic mass is 35.5. The maximum atomic E-state index is 12.1. The van der Waals surface area contributed by atoms with Gasteiger partial charge in [-0.25, -0.2) is 5.43 Å². The Labute approximate surface area is 164 Å². The summed E-state index contributed by atoms with van der Waals surface area (Å²) in [5.41, 5.74) is 3.62. The summed E-state index contributed by atoms with van der Waals surface area (Å²) in [4.78, 5) is 24.0. The first-order valence-corrected chi connectivity index (χ1v) is 9.06. The molecule has 0 atom stereocenters. The van der Waals surface area contributed by atoms with E-state index < -0.39 is 0 Å². The summed E-state index contributed by atoms with van der Waals surface area (Å²) in [5.74, 6) is -0.637. The molecular weight excluding hydrogens is 386 g/mol. The normalized spacial score (nSPS) is 10.7. The standard InChI is InChI=1S/C18H14ClN5O2S/c19-14-9-5-4-8-13(14)11-20-22-15(25)10-16-23-24-18(27-16)21-17(26)12-6-2-1-3-7-12/h1-9,11H,10H2,(H,22,25)(H,21,24,26). The summed E-state index contributed by atoms with van der Waals surface area (Å²) in [6, 6.07) is 15.9. The lowest BCUT2D eigenvalue weighted by Crippen LogP contribution is -2.19. The van der Waals surface area contributed by atoms with E-state index in [0.717, 1.165) is 11.3 Å². The molecule has 1 heterocycles. The third-order valence-corrected chi connectivity index (χ3v) is 4.52. The van der Waals surface area contributed by atoms with Crippen LogP contribution in [-0.4, -0.2) is 28.2 Å². The van der Waals surface area contributed by atoms with E-state index in [-0.39, 0.29) is 18.2 Å². The van der Waals surface area contributed by atoms with Gasteiger partial charge in [-0.2, -0.15) is 5.10 Å². The molecule has 2 amide bonds. The van der Waals surface area contributed by atoms with Gasteiger partial charge in [-0.15, -0.1) is 10.2 Å². The minimum atomic E-state index is -0.351. The number of nitrogens with one attached hydrogen (secondary N) is 2.